The number of nitrogens with two attached hydrogens (primary N) is 1. The lowest BCUT2D eigenvalue weighted by molar-refractivity contribution is -0.143. The van der Waals surface area contributed by atoms with E-state index in [2.05, 4.69) is 0 Å². The average molecular weight is 251 g/mol. The Morgan fingerprint density at radius 1 is 1.33 bits per heavy atom. The average Bonchev–Trinajstić information content (AvgIpc) is 2.32. The van der Waals surface area contributed by atoms with Crippen molar-refractivity contribution in [3.05, 3.63) is 28.8 Å². The van der Waals surface area contributed by atoms with E-state index in [0.29, 0.717) is 6.61 Å². The van der Waals surface area contributed by atoms with Crippen LogP contribution in [0.1, 0.15) is 36.1 Å². The largest absolute Gasteiger partial charge is 0.496 e. The van der Waals surface area contributed by atoms with Gasteiger partial charge < -0.3 is 15.2 Å². The summed E-state index contributed by atoms with van der Waals surface area (Å²) in [5, 5.41) is 0. The predicted molar refractivity (Wildman–Crippen MR) is 70.6 cm³/mol. The Labute approximate surface area is 108 Å². The Kier molecular flexibility index (Phi) is 5.16. The summed E-state index contributed by atoms with van der Waals surface area (Å²) in [4.78, 5) is 11.4. The molecule has 100 valence electrons. The minimum Gasteiger partial charge on any atom is -0.496 e. The fraction of sp³-hybridized carbons (Fsp3) is 0.500. The van der Waals surface area contributed by atoms with Crippen molar-refractivity contribution in [3.8, 4) is 5.75 Å². The Morgan fingerprint density at radius 2 is 2.00 bits per heavy atom. The van der Waals surface area contributed by atoms with E-state index < -0.39 is 0 Å². The number of rotatable bonds is 5. The highest BCUT2D eigenvalue weighted by molar-refractivity contribution is 5.70. The number of hydrogen-bond donors (Lipinski definition) is 1. The lowest BCUT2D eigenvalue weighted by atomic mass is 9.95. The molecule has 1 rings (SSSR count). The molecule has 18 heavy (non-hydrogen) atoms. The third-order valence-electron chi connectivity index (χ3n) is 3.09. The van der Waals surface area contributed by atoms with Crippen molar-refractivity contribution >= 4 is 5.97 Å². The zero-order chi connectivity index (χ0) is 13.7. The fourth-order valence-electron chi connectivity index (χ4n) is 1.95. The molecule has 0 saturated heterocycles. The van der Waals surface area contributed by atoms with E-state index in [-0.39, 0.29) is 18.4 Å². The maximum absolute atomic E-state index is 11.4. The van der Waals surface area contributed by atoms with Gasteiger partial charge in [0.05, 0.1) is 20.1 Å². The minimum atomic E-state index is -0.339. The molecular formula is C14H21NO3. The zero-order valence-corrected chi connectivity index (χ0v) is 11.4. The van der Waals surface area contributed by atoms with Gasteiger partial charge in [-0.15, -0.1) is 0 Å². The molecule has 0 aliphatic rings. The van der Waals surface area contributed by atoms with Crippen LogP contribution in [-0.4, -0.2) is 19.7 Å². The highest BCUT2D eigenvalue weighted by atomic mass is 16.5. The number of methoxy groups -OCH3 is 1. The molecule has 0 bridgehead atoms. The summed E-state index contributed by atoms with van der Waals surface area (Å²) in [6, 6.07) is 3.45. The molecule has 0 heterocycles. The van der Waals surface area contributed by atoms with Crippen LogP contribution < -0.4 is 10.5 Å². The summed E-state index contributed by atoms with van der Waals surface area (Å²) in [5.74, 6) is 0.567. The van der Waals surface area contributed by atoms with Crippen LogP contribution in [0.5, 0.6) is 5.75 Å². The Hall–Kier alpha value is -1.55. The smallest absolute Gasteiger partial charge is 0.307 e. The second-order valence-corrected chi connectivity index (χ2v) is 4.22. The number of carbonyl (C=O) groups excluding carboxylic acids is 1. The van der Waals surface area contributed by atoms with E-state index >= 15 is 0 Å². The molecule has 4 nitrogen and oxygen atoms in total. The normalized spacial score (nSPS) is 12.1. The molecule has 1 aromatic rings. The SMILES string of the molecule is CCOC(=O)CC(N)c1ccc(OC)c(C)c1C. The Morgan fingerprint density at radius 3 is 2.56 bits per heavy atom. The molecule has 0 fully saturated rings. The monoisotopic (exact) mass is 251 g/mol. The lowest BCUT2D eigenvalue weighted by Gasteiger charge is -2.17. The number of hydrogen-bond acceptors (Lipinski definition) is 4. The van der Waals surface area contributed by atoms with Crippen molar-refractivity contribution < 1.29 is 14.3 Å². The molecule has 1 atom stereocenters. The zero-order valence-electron chi connectivity index (χ0n) is 11.4. The van der Waals surface area contributed by atoms with Crippen molar-refractivity contribution in [1.29, 1.82) is 0 Å². The number of ether oxygens (including phenoxy) is 2. The third-order valence-corrected chi connectivity index (χ3v) is 3.09. The van der Waals surface area contributed by atoms with Crippen LogP contribution >= 0.6 is 0 Å². The first-order valence-electron chi connectivity index (χ1n) is 6.06. The molecule has 0 amide bonds. The van der Waals surface area contributed by atoms with E-state index in [1.165, 1.54) is 0 Å². The molecular weight excluding hydrogens is 230 g/mol. The van der Waals surface area contributed by atoms with E-state index in [9.17, 15) is 4.79 Å². The van der Waals surface area contributed by atoms with Gasteiger partial charge in [0, 0.05) is 6.04 Å². The van der Waals surface area contributed by atoms with E-state index in [0.717, 1.165) is 22.4 Å². The summed E-state index contributed by atoms with van der Waals surface area (Å²) in [7, 11) is 1.64. The van der Waals surface area contributed by atoms with Crippen LogP contribution in [-0.2, 0) is 9.53 Å². The maximum atomic E-state index is 11.4. The molecule has 2 N–H and O–H groups in total. The number of benzene rings is 1. The molecule has 0 aliphatic carbocycles. The molecule has 4 heteroatoms. The van der Waals surface area contributed by atoms with Crippen LogP contribution in [0.3, 0.4) is 0 Å². The minimum absolute atomic E-state index is 0.195. The van der Waals surface area contributed by atoms with Gasteiger partial charge in [-0.05, 0) is 43.5 Å². The van der Waals surface area contributed by atoms with Crippen LogP contribution in [0.2, 0.25) is 0 Å². The number of esters is 1. The van der Waals surface area contributed by atoms with E-state index in [1.54, 1.807) is 14.0 Å². The second-order valence-electron chi connectivity index (χ2n) is 4.22. The van der Waals surface area contributed by atoms with Crippen molar-refractivity contribution in [1.82, 2.24) is 0 Å². The second kappa shape index (κ2) is 6.40. The van der Waals surface area contributed by atoms with Gasteiger partial charge in [0.25, 0.3) is 0 Å². The third kappa shape index (κ3) is 3.23. The van der Waals surface area contributed by atoms with Crippen LogP contribution in [0.25, 0.3) is 0 Å². The summed E-state index contributed by atoms with van der Waals surface area (Å²) < 4.78 is 10.2. The van der Waals surface area contributed by atoms with Crippen molar-refractivity contribution in [2.75, 3.05) is 13.7 Å². The fourth-order valence-corrected chi connectivity index (χ4v) is 1.95. The van der Waals surface area contributed by atoms with Crippen LogP contribution in [0, 0.1) is 13.8 Å². The van der Waals surface area contributed by atoms with Crippen molar-refractivity contribution in [2.24, 2.45) is 5.73 Å². The van der Waals surface area contributed by atoms with Gasteiger partial charge in [0.1, 0.15) is 5.75 Å². The first-order valence-corrected chi connectivity index (χ1v) is 6.06. The van der Waals surface area contributed by atoms with E-state index in [4.69, 9.17) is 15.2 Å². The quantitative estimate of drug-likeness (QED) is 0.815. The molecule has 0 aromatic heterocycles. The van der Waals surface area contributed by atoms with Gasteiger partial charge >= 0.3 is 5.97 Å². The van der Waals surface area contributed by atoms with Gasteiger partial charge in [-0.3, -0.25) is 4.79 Å². The molecule has 0 radical (unpaired) electrons. The summed E-state index contributed by atoms with van der Waals surface area (Å²) >= 11 is 0. The molecule has 0 saturated carbocycles. The van der Waals surface area contributed by atoms with E-state index in [1.807, 2.05) is 26.0 Å². The topological polar surface area (TPSA) is 61.5 Å². The van der Waals surface area contributed by atoms with Crippen LogP contribution in [0.15, 0.2) is 12.1 Å². The lowest BCUT2D eigenvalue weighted by Crippen LogP contribution is -2.18. The van der Waals surface area contributed by atoms with Gasteiger partial charge in [0.15, 0.2) is 0 Å². The number of carbonyl (C=O) groups is 1. The first kappa shape index (κ1) is 14.5. The maximum Gasteiger partial charge on any atom is 0.307 e. The highest BCUT2D eigenvalue weighted by Gasteiger charge is 2.16. The molecule has 0 aliphatic heterocycles. The van der Waals surface area contributed by atoms with Crippen molar-refractivity contribution in [2.45, 2.75) is 33.2 Å². The van der Waals surface area contributed by atoms with Gasteiger partial charge in [-0.2, -0.15) is 0 Å². The summed E-state index contributed by atoms with van der Waals surface area (Å²) in [5.41, 5.74) is 9.12. The highest BCUT2D eigenvalue weighted by Crippen LogP contribution is 2.28. The standard InChI is InChI=1S/C14H21NO3/c1-5-18-14(16)8-12(15)11-6-7-13(17-4)10(3)9(11)2/h6-7,12H,5,8,15H2,1-4H3. The summed E-state index contributed by atoms with van der Waals surface area (Å²) in [6.45, 7) is 6.13. The first-order chi connectivity index (χ1) is 8.51. The van der Waals surface area contributed by atoms with Crippen LogP contribution in [0.4, 0.5) is 0 Å². The molecule has 1 aromatic carbocycles. The summed E-state index contributed by atoms with van der Waals surface area (Å²) in [6.07, 6.45) is 0.195. The van der Waals surface area contributed by atoms with Gasteiger partial charge in [0.2, 0.25) is 0 Å². The molecule has 1 unspecified atom stereocenters. The Balaban J connectivity index is 2.90. The van der Waals surface area contributed by atoms with Gasteiger partial charge in [-0.25, -0.2) is 0 Å². The van der Waals surface area contributed by atoms with Crippen molar-refractivity contribution in [3.63, 3.8) is 0 Å². The van der Waals surface area contributed by atoms with Gasteiger partial charge in [-0.1, -0.05) is 6.07 Å². The molecule has 0 spiro atoms. The Bertz CT molecular complexity index is 429. The predicted octanol–water partition coefficient (Wildman–Crippen LogP) is 2.27.